The summed E-state index contributed by atoms with van der Waals surface area (Å²) in [4.78, 5) is 38.3. The Bertz CT molecular complexity index is 1680. The van der Waals surface area contributed by atoms with Crippen LogP contribution in [0.25, 0.3) is 0 Å². The zero-order chi connectivity index (χ0) is 57.1. The lowest BCUT2D eigenvalue weighted by atomic mass is 10.0. The molecule has 0 fully saturated rings. The molecule has 0 heterocycles. The van der Waals surface area contributed by atoms with E-state index in [2.05, 4.69) is 154 Å². The topological polar surface area (TPSA) is 78.9 Å². The maximum absolute atomic E-state index is 12.9. The molecule has 0 aliphatic rings. The zero-order valence-electron chi connectivity index (χ0n) is 51.3. The van der Waals surface area contributed by atoms with Crippen molar-refractivity contribution in [1.82, 2.24) is 0 Å². The maximum Gasteiger partial charge on any atom is 0.306 e. The minimum absolute atomic E-state index is 0.0976. The zero-order valence-corrected chi connectivity index (χ0v) is 51.3. The maximum atomic E-state index is 12.9. The first kappa shape index (κ1) is 74.5. The SMILES string of the molecule is CC/C=C\C/C=C\C/C=C\C/C=C\C/C=C\CCCCCCCCCCCCCC(=O)OCC(COC(=O)CCCCC/C=C\C/C=C\C/C=C\CC)OC(=O)CCCCCCCC/C=C\C/C=C\C/C=C\CCCCCCC. The third-order valence-electron chi connectivity index (χ3n) is 13.6. The monoisotopic (exact) mass is 1090 g/mol. The molecule has 0 spiro atoms. The van der Waals surface area contributed by atoms with Gasteiger partial charge in [-0.2, -0.15) is 0 Å². The molecular weight excluding hydrogens is 973 g/mol. The molecule has 0 aromatic rings. The highest BCUT2D eigenvalue weighted by atomic mass is 16.6. The smallest absolute Gasteiger partial charge is 0.306 e. The summed E-state index contributed by atoms with van der Waals surface area (Å²) < 4.78 is 16.9. The second-order valence-corrected chi connectivity index (χ2v) is 21.3. The van der Waals surface area contributed by atoms with Crippen LogP contribution in [0.3, 0.4) is 0 Å². The molecule has 0 radical (unpaired) electrons. The summed E-state index contributed by atoms with van der Waals surface area (Å²) in [5.74, 6) is -0.941. The first-order chi connectivity index (χ1) is 39.0. The fourth-order valence-corrected chi connectivity index (χ4v) is 8.79. The van der Waals surface area contributed by atoms with Crippen molar-refractivity contribution < 1.29 is 28.6 Å². The Balaban J connectivity index is 4.37. The van der Waals surface area contributed by atoms with Gasteiger partial charge in [-0.25, -0.2) is 0 Å². The highest BCUT2D eigenvalue weighted by Crippen LogP contribution is 2.15. The molecule has 1 unspecified atom stereocenters. The van der Waals surface area contributed by atoms with E-state index in [1.165, 1.54) is 109 Å². The van der Waals surface area contributed by atoms with Gasteiger partial charge in [-0.05, 0) is 135 Å². The Labute approximate surface area is 487 Å². The van der Waals surface area contributed by atoms with Crippen LogP contribution in [-0.2, 0) is 28.6 Å². The lowest BCUT2D eigenvalue weighted by molar-refractivity contribution is -0.167. The normalized spacial score (nSPS) is 13.0. The molecule has 0 aliphatic carbocycles. The highest BCUT2D eigenvalue weighted by molar-refractivity contribution is 5.71. The van der Waals surface area contributed by atoms with E-state index in [1.807, 2.05) is 0 Å². The molecule has 448 valence electrons. The van der Waals surface area contributed by atoms with Gasteiger partial charge in [0, 0.05) is 19.3 Å². The molecule has 0 aromatic carbocycles. The van der Waals surface area contributed by atoms with E-state index in [9.17, 15) is 14.4 Å². The minimum atomic E-state index is -0.804. The summed E-state index contributed by atoms with van der Waals surface area (Å²) in [6.45, 7) is 6.37. The van der Waals surface area contributed by atoms with Crippen molar-refractivity contribution in [3.05, 3.63) is 134 Å². The van der Waals surface area contributed by atoms with Gasteiger partial charge < -0.3 is 14.2 Å². The predicted molar refractivity (Wildman–Crippen MR) is 343 cm³/mol. The van der Waals surface area contributed by atoms with Gasteiger partial charge in [0.15, 0.2) is 6.10 Å². The van der Waals surface area contributed by atoms with E-state index in [1.54, 1.807) is 0 Å². The average molecular weight is 1090 g/mol. The Hall–Kier alpha value is -4.45. The van der Waals surface area contributed by atoms with Crippen molar-refractivity contribution in [1.29, 1.82) is 0 Å². The predicted octanol–water partition coefficient (Wildman–Crippen LogP) is 22.5. The summed E-state index contributed by atoms with van der Waals surface area (Å²) in [5.41, 5.74) is 0. The first-order valence-electron chi connectivity index (χ1n) is 32.7. The number of hydrogen-bond acceptors (Lipinski definition) is 6. The molecule has 0 N–H and O–H groups in total. The number of carbonyl (C=O) groups is 3. The van der Waals surface area contributed by atoms with E-state index in [4.69, 9.17) is 14.2 Å². The number of esters is 3. The summed E-state index contributed by atoms with van der Waals surface area (Å²) >= 11 is 0. The lowest BCUT2D eigenvalue weighted by Crippen LogP contribution is -2.30. The van der Waals surface area contributed by atoms with E-state index in [0.717, 1.165) is 141 Å². The summed E-state index contributed by atoms with van der Waals surface area (Å²) in [6, 6.07) is 0. The van der Waals surface area contributed by atoms with Crippen LogP contribution in [0.15, 0.2) is 134 Å². The third-order valence-corrected chi connectivity index (χ3v) is 13.6. The molecular formula is C73H120O6. The molecule has 1 atom stereocenters. The van der Waals surface area contributed by atoms with Crippen LogP contribution in [-0.4, -0.2) is 37.2 Å². The standard InChI is InChI=1S/C73H120O6/c1-4-7-10-13-16-19-22-25-27-29-31-33-34-35-36-37-38-40-41-43-45-48-51-54-57-60-63-66-72(75)78-69-70(68-77-71(74)65-62-59-56-53-50-47-24-21-18-15-12-9-6-3)79-73(76)67-64-61-58-55-52-49-46-44-42-39-32-30-28-26-23-20-17-14-11-8-5-2/h7,9-10,12,16,18-19,21,23,25-27,30-33,35-36,42,44,47,50,70H,4-6,8,11,13-15,17,20,22,24,28-29,34,37-41,43,45-46,48-49,51-69H2,1-3H3/b10-7-,12-9-,19-16-,21-18-,26-23-,27-25-,32-30-,33-31-,36-35-,44-42-,50-47-. The van der Waals surface area contributed by atoms with Crippen molar-refractivity contribution in [2.75, 3.05) is 13.2 Å². The third kappa shape index (κ3) is 64.3. The molecule has 0 aromatic heterocycles. The van der Waals surface area contributed by atoms with Gasteiger partial charge >= 0.3 is 17.9 Å². The van der Waals surface area contributed by atoms with Crippen molar-refractivity contribution >= 4 is 17.9 Å². The Morgan fingerprint density at radius 3 is 0.785 bits per heavy atom. The van der Waals surface area contributed by atoms with Crippen LogP contribution in [0, 0.1) is 0 Å². The molecule has 0 bridgehead atoms. The van der Waals surface area contributed by atoms with Crippen molar-refractivity contribution in [2.45, 2.75) is 297 Å². The number of hydrogen-bond donors (Lipinski definition) is 0. The molecule has 6 nitrogen and oxygen atoms in total. The minimum Gasteiger partial charge on any atom is -0.462 e. The van der Waals surface area contributed by atoms with Crippen molar-refractivity contribution in [2.24, 2.45) is 0 Å². The van der Waals surface area contributed by atoms with Crippen LogP contribution in [0.4, 0.5) is 0 Å². The summed E-state index contributed by atoms with van der Waals surface area (Å²) in [6.07, 6.45) is 93.2. The van der Waals surface area contributed by atoms with Crippen LogP contribution < -0.4 is 0 Å². The summed E-state index contributed by atoms with van der Waals surface area (Å²) in [7, 11) is 0. The second kappa shape index (κ2) is 66.1. The number of unbranched alkanes of at least 4 members (excludes halogenated alkanes) is 25. The molecule has 0 saturated heterocycles. The molecule has 0 saturated carbocycles. The quantitative estimate of drug-likeness (QED) is 0.0261. The first-order valence-corrected chi connectivity index (χ1v) is 32.7. The highest BCUT2D eigenvalue weighted by Gasteiger charge is 2.19. The fourth-order valence-electron chi connectivity index (χ4n) is 8.79. The van der Waals surface area contributed by atoms with Gasteiger partial charge in [0.1, 0.15) is 13.2 Å². The largest absolute Gasteiger partial charge is 0.462 e. The van der Waals surface area contributed by atoms with Crippen molar-refractivity contribution in [3.8, 4) is 0 Å². The average Bonchev–Trinajstić information content (AvgIpc) is 3.45. The van der Waals surface area contributed by atoms with Gasteiger partial charge in [0.2, 0.25) is 0 Å². The number of allylic oxidation sites excluding steroid dienone is 22. The van der Waals surface area contributed by atoms with Gasteiger partial charge in [-0.1, -0.05) is 270 Å². The molecule has 0 aliphatic heterocycles. The number of carbonyl (C=O) groups excluding carboxylic acids is 3. The molecule has 0 amide bonds. The molecule has 0 rings (SSSR count). The number of rotatable bonds is 58. The van der Waals surface area contributed by atoms with E-state index < -0.39 is 6.10 Å². The van der Waals surface area contributed by atoms with Crippen molar-refractivity contribution in [3.63, 3.8) is 0 Å². The van der Waals surface area contributed by atoms with Gasteiger partial charge in [-0.15, -0.1) is 0 Å². The fraction of sp³-hybridized carbons (Fsp3) is 0.658. The van der Waals surface area contributed by atoms with E-state index >= 15 is 0 Å². The van der Waals surface area contributed by atoms with E-state index in [-0.39, 0.29) is 31.1 Å². The Morgan fingerprint density at radius 2 is 0.494 bits per heavy atom. The van der Waals surface area contributed by atoms with Gasteiger partial charge in [0.25, 0.3) is 0 Å². The van der Waals surface area contributed by atoms with Gasteiger partial charge in [0.05, 0.1) is 0 Å². The Kier molecular flexibility index (Phi) is 62.3. The van der Waals surface area contributed by atoms with Crippen LogP contribution in [0.5, 0.6) is 0 Å². The Morgan fingerprint density at radius 1 is 0.266 bits per heavy atom. The molecule has 6 heteroatoms. The lowest BCUT2D eigenvalue weighted by Gasteiger charge is -2.18. The van der Waals surface area contributed by atoms with Crippen LogP contribution >= 0.6 is 0 Å². The summed E-state index contributed by atoms with van der Waals surface area (Å²) in [5, 5.41) is 0. The van der Waals surface area contributed by atoms with Gasteiger partial charge in [-0.3, -0.25) is 14.4 Å². The van der Waals surface area contributed by atoms with Crippen LogP contribution in [0.2, 0.25) is 0 Å². The second-order valence-electron chi connectivity index (χ2n) is 21.3. The number of ether oxygens (including phenoxy) is 3. The molecule has 79 heavy (non-hydrogen) atoms. The van der Waals surface area contributed by atoms with E-state index in [0.29, 0.717) is 19.3 Å². The van der Waals surface area contributed by atoms with Crippen LogP contribution in [0.1, 0.15) is 290 Å².